The molecule has 0 rings (SSSR count). The summed E-state index contributed by atoms with van der Waals surface area (Å²) >= 11 is 0. The van der Waals surface area contributed by atoms with Crippen molar-refractivity contribution < 1.29 is 48.2 Å². The van der Waals surface area contributed by atoms with Gasteiger partial charge in [0.05, 0.1) is 18.8 Å². The lowest BCUT2D eigenvalue weighted by atomic mass is 10.0. The predicted molar refractivity (Wildman–Crippen MR) is 201 cm³/mol. The van der Waals surface area contributed by atoms with Gasteiger partial charge in [0.2, 0.25) is 0 Å². The fraction of sp³-hybridized carbons (Fsp3) is 0.897. The Kier molecular flexibility index (Phi) is 33.9. The fourth-order valence-electron chi connectivity index (χ4n) is 5.81. The van der Waals surface area contributed by atoms with Crippen LogP contribution in [0.5, 0.6) is 0 Å². The van der Waals surface area contributed by atoms with E-state index in [9.17, 15) is 24.4 Å². The molecule has 0 aliphatic rings. The molecule has 0 heterocycles. The van der Waals surface area contributed by atoms with Crippen LogP contribution in [0.15, 0.2) is 12.2 Å². The van der Waals surface area contributed by atoms with Gasteiger partial charge in [-0.2, -0.15) is 0 Å². The third kappa shape index (κ3) is 35.1. The standard InChI is InChI=1S/C39H75O10P/c1-3-5-7-9-11-12-13-14-15-16-17-18-19-23-28-32-39(43)49-35(34-48-50(44,45)46)33-47-38(42)31-27-24-20-22-26-30-37(41)36(40)29-25-21-10-8-6-4-2/h21,25,35-37,40-41H,3-20,22-24,26-34H2,1-2H3,(H2,44,45,46)/b25-21-/t35-,36-,37-/m1/s1. The number of aliphatic hydroxyl groups excluding tert-OH is 2. The minimum atomic E-state index is -4.78. The Morgan fingerprint density at radius 2 is 1.04 bits per heavy atom. The number of ether oxygens (including phenoxy) is 2. The van der Waals surface area contributed by atoms with Gasteiger partial charge in [0.1, 0.15) is 6.61 Å². The van der Waals surface area contributed by atoms with Gasteiger partial charge in [-0.25, -0.2) is 4.57 Å². The molecule has 0 bridgehead atoms. The molecular formula is C39H75O10P. The van der Waals surface area contributed by atoms with Crippen LogP contribution in [0, 0.1) is 0 Å². The van der Waals surface area contributed by atoms with Gasteiger partial charge in [-0.3, -0.25) is 14.1 Å². The number of phosphoric acid groups is 1. The number of carbonyl (C=O) groups is 2. The summed E-state index contributed by atoms with van der Waals surface area (Å²) in [5.74, 6) is -0.988. The molecule has 50 heavy (non-hydrogen) atoms. The number of esters is 2. The lowest BCUT2D eigenvalue weighted by Gasteiger charge is -2.18. The molecule has 0 fully saturated rings. The summed E-state index contributed by atoms with van der Waals surface area (Å²) in [6, 6.07) is 0. The van der Waals surface area contributed by atoms with E-state index in [-0.39, 0.29) is 19.4 Å². The molecule has 0 aliphatic carbocycles. The number of hydrogen-bond donors (Lipinski definition) is 4. The molecule has 0 spiro atoms. The Labute approximate surface area is 304 Å². The smallest absolute Gasteiger partial charge is 0.462 e. The van der Waals surface area contributed by atoms with Crippen molar-refractivity contribution in [1.29, 1.82) is 0 Å². The van der Waals surface area contributed by atoms with Gasteiger partial charge in [-0.1, -0.05) is 154 Å². The highest BCUT2D eigenvalue weighted by molar-refractivity contribution is 7.46. The van der Waals surface area contributed by atoms with E-state index in [0.717, 1.165) is 57.8 Å². The van der Waals surface area contributed by atoms with Gasteiger partial charge in [0.15, 0.2) is 6.10 Å². The second-order valence-electron chi connectivity index (χ2n) is 13.9. The van der Waals surface area contributed by atoms with Crippen molar-refractivity contribution in [3.05, 3.63) is 12.2 Å². The third-order valence-electron chi connectivity index (χ3n) is 8.98. The normalized spacial score (nSPS) is 13.8. The molecule has 4 N–H and O–H groups in total. The Morgan fingerprint density at radius 3 is 1.56 bits per heavy atom. The Bertz CT molecular complexity index is 862. The fourth-order valence-corrected chi connectivity index (χ4v) is 6.17. The van der Waals surface area contributed by atoms with Gasteiger partial charge in [-0.15, -0.1) is 0 Å². The highest BCUT2D eigenvalue weighted by atomic mass is 31.2. The first kappa shape index (κ1) is 48.7. The first-order valence-corrected chi connectivity index (χ1v) is 21.7. The lowest BCUT2D eigenvalue weighted by Crippen LogP contribution is -2.29. The third-order valence-corrected chi connectivity index (χ3v) is 9.47. The summed E-state index contributed by atoms with van der Waals surface area (Å²) in [5.41, 5.74) is 0. The van der Waals surface area contributed by atoms with E-state index >= 15 is 0 Å². The van der Waals surface area contributed by atoms with Crippen LogP contribution in [0.3, 0.4) is 0 Å². The van der Waals surface area contributed by atoms with Gasteiger partial charge in [0.25, 0.3) is 0 Å². The van der Waals surface area contributed by atoms with Gasteiger partial charge in [-0.05, 0) is 38.5 Å². The van der Waals surface area contributed by atoms with Crippen molar-refractivity contribution in [2.75, 3.05) is 13.2 Å². The summed E-state index contributed by atoms with van der Waals surface area (Å²) in [4.78, 5) is 42.8. The van der Waals surface area contributed by atoms with Crippen LogP contribution < -0.4 is 0 Å². The van der Waals surface area contributed by atoms with Crippen molar-refractivity contribution in [3.63, 3.8) is 0 Å². The zero-order valence-electron chi connectivity index (χ0n) is 31.8. The van der Waals surface area contributed by atoms with E-state index in [1.807, 2.05) is 6.08 Å². The Hall–Kier alpha value is -1.29. The van der Waals surface area contributed by atoms with Crippen LogP contribution in [-0.2, 0) is 28.2 Å². The maximum absolute atomic E-state index is 12.4. The first-order valence-electron chi connectivity index (χ1n) is 20.1. The van der Waals surface area contributed by atoms with Crippen LogP contribution >= 0.6 is 7.82 Å². The van der Waals surface area contributed by atoms with Crippen LogP contribution in [0.25, 0.3) is 0 Å². The Morgan fingerprint density at radius 1 is 0.580 bits per heavy atom. The van der Waals surface area contributed by atoms with Crippen LogP contribution in [0.1, 0.15) is 194 Å². The number of phosphoric ester groups is 1. The summed E-state index contributed by atoms with van der Waals surface area (Å²) in [5, 5.41) is 20.3. The molecule has 10 nitrogen and oxygen atoms in total. The SMILES string of the molecule is CCCCC/C=C\C[C@@H](O)[C@H](O)CCCCCCCC(=O)OC[C@H](COP(=O)(O)O)OC(=O)CCCCCCCCCCCCCCCCC. The molecular weight excluding hydrogens is 659 g/mol. The second-order valence-corrected chi connectivity index (χ2v) is 15.2. The average Bonchev–Trinajstić information content (AvgIpc) is 3.08. The molecule has 0 aliphatic heterocycles. The monoisotopic (exact) mass is 735 g/mol. The van der Waals surface area contributed by atoms with E-state index in [1.54, 1.807) is 0 Å². The highest BCUT2D eigenvalue weighted by Crippen LogP contribution is 2.36. The van der Waals surface area contributed by atoms with E-state index in [0.29, 0.717) is 25.7 Å². The molecule has 0 unspecified atom stereocenters. The summed E-state index contributed by atoms with van der Waals surface area (Å²) < 4.78 is 26.3. The van der Waals surface area contributed by atoms with E-state index < -0.39 is 44.7 Å². The second kappa shape index (κ2) is 34.8. The molecule has 0 saturated carbocycles. The molecule has 296 valence electrons. The van der Waals surface area contributed by atoms with E-state index in [1.165, 1.54) is 83.5 Å². The van der Waals surface area contributed by atoms with Crippen molar-refractivity contribution in [1.82, 2.24) is 0 Å². The van der Waals surface area contributed by atoms with Crippen molar-refractivity contribution in [2.45, 2.75) is 212 Å². The van der Waals surface area contributed by atoms with Gasteiger partial charge >= 0.3 is 19.8 Å². The molecule has 0 saturated heterocycles. The first-order chi connectivity index (χ1) is 24.1. The number of rotatable bonds is 37. The topological polar surface area (TPSA) is 160 Å². The van der Waals surface area contributed by atoms with Crippen LogP contribution in [-0.4, -0.2) is 63.5 Å². The minimum absolute atomic E-state index is 0.172. The van der Waals surface area contributed by atoms with Gasteiger partial charge in [0, 0.05) is 12.8 Å². The molecule has 0 aromatic heterocycles. The van der Waals surface area contributed by atoms with Crippen molar-refractivity contribution >= 4 is 19.8 Å². The number of aliphatic hydroxyl groups is 2. The van der Waals surface area contributed by atoms with E-state index in [2.05, 4.69) is 24.4 Å². The Balaban J connectivity index is 4.04. The number of unbranched alkanes of at least 4 members (excludes halogenated alkanes) is 21. The average molecular weight is 735 g/mol. The highest BCUT2D eigenvalue weighted by Gasteiger charge is 2.23. The molecule has 0 aromatic rings. The molecule has 11 heteroatoms. The maximum atomic E-state index is 12.4. The number of hydrogen-bond acceptors (Lipinski definition) is 8. The summed E-state index contributed by atoms with van der Waals surface area (Å²) in [7, 11) is -4.78. The number of allylic oxidation sites excluding steroid dienone is 1. The van der Waals surface area contributed by atoms with Crippen LogP contribution in [0.4, 0.5) is 0 Å². The lowest BCUT2D eigenvalue weighted by molar-refractivity contribution is -0.161. The van der Waals surface area contributed by atoms with Gasteiger partial charge < -0.3 is 29.5 Å². The summed E-state index contributed by atoms with van der Waals surface area (Å²) in [6.07, 6.45) is 29.5. The van der Waals surface area contributed by atoms with Crippen molar-refractivity contribution in [3.8, 4) is 0 Å². The molecule has 3 atom stereocenters. The maximum Gasteiger partial charge on any atom is 0.469 e. The zero-order valence-corrected chi connectivity index (χ0v) is 32.7. The molecule has 0 aromatic carbocycles. The summed E-state index contributed by atoms with van der Waals surface area (Å²) in [6.45, 7) is 3.50. The molecule has 0 radical (unpaired) electrons. The quantitative estimate of drug-likeness (QED) is 0.0209. The molecule has 0 amide bonds. The predicted octanol–water partition coefficient (Wildman–Crippen LogP) is 9.79. The van der Waals surface area contributed by atoms with Crippen molar-refractivity contribution in [2.24, 2.45) is 0 Å². The minimum Gasteiger partial charge on any atom is -0.462 e. The zero-order chi connectivity index (χ0) is 37.1. The van der Waals surface area contributed by atoms with E-state index in [4.69, 9.17) is 19.3 Å². The van der Waals surface area contributed by atoms with Crippen LogP contribution in [0.2, 0.25) is 0 Å². The largest absolute Gasteiger partial charge is 0.469 e. The number of carbonyl (C=O) groups excluding carboxylic acids is 2.